The molecule has 0 aromatic heterocycles. The maximum atomic E-state index is 13.8. The van der Waals surface area contributed by atoms with E-state index in [-0.39, 0.29) is 60.6 Å². The van der Waals surface area contributed by atoms with E-state index in [1.54, 1.807) is 0 Å². The Morgan fingerprint density at radius 3 is 0.816 bits per heavy atom. The standard InChI is InChI=1S/C61H73N9O6/c62-37-13-10-22-52(68-55(71)40-43-16-4-1-5-17-43)59(74)65-49-31-25-46(26-32-49)58(47-27-33-50(34-28-47)66-60(75)53(23-11-14-38-63)69-56(72)41-44-18-6-2-7-19-44)48-29-35-51(36-30-48)67-61(76)54(24-12-15-39-64)70-57(73)42-45-20-8-3-9-21-45/h1-9,16-21,25-36,52-54,58H,10-15,22-24,37-42,62-64H2,(H,65,74)(H,66,75)(H,67,76)(H,68,71)(H,69,72)(H,70,73)/t52-,53-,54-/m1/s1. The summed E-state index contributed by atoms with van der Waals surface area (Å²) < 4.78 is 0. The summed E-state index contributed by atoms with van der Waals surface area (Å²) >= 11 is 0. The molecule has 0 aliphatic carbocycles. The Morgan fingerprint density at radius 1 is 0.329 bits per heavy atom. The number of carbonyl (C=O) groups excluding carboxylic acids is 6. The lowest BCUT2D eigenvalue weighted by Crippen LogP contribution is -2.44. The zero-order valence-corrected chi connectivity index (χ0v) is 43.2. The molecule has 15 nitrogen and oxygen atoms in total. The fraction of sp³-hybridized carbons (Fsp3) is 0.311. The maximum absolute atomic E-state index is 13.8. The van der Waals surface area contributed by atoms with Gasteiger partial charge in [0.25, 0.3) is 0 Å². The van der Waals surface area contributed by atoms with Crippen LogP contribution in [0.4, 0.5) is 17.1 Å². The fourth-order valence-corrected chi connectivity index (χ4v) is 8.91. The molecule has 0 aliphatic rings. The number of nitrogens with one attached hydrogen (secondary N) is 6. The van der Waals surface area contributed by atoms with Gasteiger partial charge in [0.15, 0.2) is 0 Å². The van der Waals surface area contributed by atoms with Crippen molar-refractivity contribution in [3.8, 4) is 0 Å². The molecule has 398 valence electrons. The van der Waals surface area contributed by atoms with Gasteiger partial charge in [-0.1, -0.05) is 127 Å². The molecule has 0 fully saturated rings. The van der Waals surface area contributed by atoms with Gasteiger partial charge < -0.3 is 49.1 Å². The zero-order valence-electron chi connectivity index (χ0n) is 43.2. The minimum atomic E-state index is -0.772. The average molecular weight is 1030 g/mol. The van der Waals surface area contributed by atoms with Gasteiger partial charge in [-0.05, 0) is 147 Å². The second kappa shape index (κ2) is 31.0. The van der Waals surface area contributed by atoms with E-state index in [0.29, 0.717) is 94.5 Å². The van der Waals surface area contributed by atoms with Gasteiger partial charge in [0.2, 0.25) is 35.4 Å². The van der Waals surface area contributed by atoms with Crippen LogP contribution in [0.5, 0.6) is 0 Å². The Kier molecular flexibility index (Phi) is 23.4. The van der Waals surface area contributed by atoms with Crippen molar-refractivity contribution in [3.63, 3.8) is 0 Å². The summed E-state index contributed by atoms with van der Waals surface area (Å²) in [6, 6.07) is 48.2. The molecule has 6 aromatic rings. The quantitative estimate of drug-likeness (QED) is 0.0163. The van der Waals surface area contributed by atoms with Crippen molar-refractivity contribution in [2.75, 3.05) is 35.6 Å². The second-order valence-electron chi connectivity index (χ2n) is 19.0. The maximum Gasteiger partial charge on any atom is 0.246 e. The molecule has 0 unspecified atom stereocenters. The number of carbonyl (C=O) groups is 6. The molecule has 0 radical (unpaired) electrons. The Hall–Kier alpha value is -7.98. The van der Waals surface area contributed by atoms with E-state index in [1.165, 1.54) is 0 Å². The number of unbranched alkanes of at least 4 members (excludes halogenated alkanes) is 3. The number of amides is 6. The van der Waals surface area contributed by atoms with Gasteiger partial charge >= 0.3 is 0 Å². The fourth-order valence-electron chi connectivity index (χ4n) is 8.91. The van der Waals surface area contributed by atoms with Crippen LogP contribution >= 0.6 is 0 Å². The summed E-state index contributed by atoms with van der Waals surface area (Å²) in [5.41, 5.74) is 24.1. The first-order valence-corrected chi connectivity index (χ1v) is 26.3. The number of rotatable bonds is 30. The number of benzene rings is 6. The summed E-state index contributed by atoms with van der Waals surface area (Å²) in [5, 5.41) is 17.8. The first-order valence-electron chi connectivity index (χ1n) is 26.3. The Balaban J connectivity index is 1.22. The van der Waals surface area contributed by atoms with Crippen molar-refractivity contribution >= 4 is 52.5 Å². The van der Waals surface area contributed by atoms with E-state index >= 15 is 0 Å². The lowest BCUT2D eigenvalue weighted by atomic mass is 9.85. The van der Waals surface area contributed by atoms with Crippen LogP contribution in [0.1, 0.15) is 97.1 Å². The molecule has 6 amide bonds. The van der Waals surface area contributed by atoms with E-state index in [0.717, 1.165) is 33.4 Å². The molecular formula is C61H73N9O6. The summed E-state index contributed by atoms with van der Waals surface area (Å²) in [7, 11) is 0. The van der Waals surface area contributed by atoms with Gasteiger partial charge in [0.1, 0.15) is 18.1 Å². The summed E-state index contributed by atoms with van der Waals surface area (Å²) in [5.74, 6) is -2.14. The van der Waals surface area contributed by atoms with Gasteiger partial charge in [-0.3, -0.25) is 28.8 Å². The summed E-state index contributed by atoms with van der Waals surface area (Å²) in [6.45, 7) is 1.42. The van der Waals surface area contributed by atoms with Gasteiger partial charge in [-0.2, -0.15) is 0 Å². The monoisotopic (exact) mass is 1030 g/mol. The first kappa shape index (κ1) is 57.3. The lowest BCUT2D eigenvalue weighted by molar-refractivity contribution is -0.126. The van der Waals surface area contributed by atoms with E-state index in [9.17, 15) is 28.8 Å². The highest BCUT2D eigenvalue weighted by Crippen LogP contribution is 2.34. The molecule has 12 N–H and O–H groups in total. The third-order valence-corrected chi connectivity index (χ3v) is 13.0. The molecule has 0 aliphatic heterocycles. The van der Waals surface area contributed by atoms with Gasteiger partial charge in [0, 0.05) is 23.0 Å². The highest BCUT2D eigenvalue weighted by Gasteiger charge is 2.25. The topological polar surface area (TPSA) is 253 Å². The van der Waals surface area contributed by atoms with Crippen molar-refractivity contribution in [3.05, 3.63) is 197 Å². The van der Waals surface area contributed by atoms with Crippen molar-refractivity contribution in [2.24, 2.45) is 17.2 Å². The third-order valence-electron chi connectivity index (χ3n) is 13.0. The average Bonchev–Trinajstić information content (AvgIpc) is 3.42. The molecular weight excluding hydrogens is 955 g/mol. The molecule has 0 saturated heterocycles. The predicted octanol–water partition coefficient (Wildman–Crippen LogP) is 7.25. The van der Waals surface area contributed by atoms with Crippen LogP contribution in [0.3, 0.4) is 0 Å². The number of nitrogens with two attached hydrogens (primary N) is 3. The molecule has 0 saturated carbocycles. The summed E-state index contributed by atoms with van der Waals surface area (Å²) in [6.07, 6.45) is 5.81. The van der Waals surface area contributed by atoms with Crippen LogP contribution in [0.15, 0.2) is 164 Å². The van der Waals surface area contributed by atoms with E-state index in [2.05, 4.69) is 31.9 Å². The molecule has 76 heavy (non-hydrogen) atoms. The van der Waals surface area contributed by atoms with Crippen LogP contribution in [0, 0.1) is 0 Å². The van der Waals surface area contributed by atoms with Gasteiger partial charge in [-0.25, -0.2) is 0 Å². The normalized spacial score (nSPS) is 12.2. The molecule has 15 heteroatoms. The molecule has 0 heterocycles. The smallest absolute Gasteiger partial charge is 0.246 e. The molecule has 6 rings (SSSR count). The highest BCUT2D eigenvalue weighted by molar-refractivity contribution is 5.99. The van der Waals surface area contributed by atoms with Crippen LogP contribution in [0.2, 0.25) is 0 Å². The predicted molar refractivity (Wildman–Crippen MR) is 301 cm³/mol. The third kappa shape index (κ3) is 19.1. The highest BCUT2D eigenvalue weighted by atomic mass is 16.2. The molecule has 6 aromatic carbocycles. The van der Waals surface area contributed by atoms with Gasteiger partial charge in [-0.15, -0.1) is 0 Å². The number of anilines is 3. The molecule has 3 atom stereocenters. The number of hydrogen-bond donors (Lipinski definition) is 9. The van der Waals surface area contributed by atoms with Crippen LogP contribution in [-0.2, 0) is 48.0 Å². The Morgan fingerprint density at radius 2 is 0.579 bits per heavy atom. The van der Waals surface area contributed by atoms with Crippen molar-refractivity contribution in [1.82, 2.24) is 16.0 Å². The largest absolute Gasteiger partial charge is 0.344 e. The lowest BCUT2D eigenvalue weighted by Gasteiger charge is -2.22. The van der Waals surface area contributed by atoms with Gasteiger partial charge in [0.05, 0.1) is 19.3 Å². The Labute approximate surface area is 446 Å². The molecule has 0 spiro atoms. The van der Waals surface area contributed by atoms with E-state index in [1.807, 2.05) is 164 Å². The van der Waals surface area contributed by atoms with Crippen molar-refractivity contribution < 1.29 is 28.8 Å². The molecule has 0 bridgehead atoms. The first-order chi connectivity index (χ1) is 37.0. The Bertz CT molecular complexity index is 2440. The minimum Gasteiger partial charge on any atom is -0.344 e. The van der Waals surface area contributed by atoms with Crippen molar-refractivity contribution in [1.29, 1.82) is 0 Å². The second-order valence-corrected chi connectivity index (χ2v) is 19.0. The van der Waals surface area contributed by atoms with Crippen LogP contribution in [-0.4, -0.2) is 73.2 Å². The minimum absolute atomic E-state index is 0.143. The SMILES string of the molecule is NCCCC[C@@H](NC(=O)Cc1ccccc1)C(=O)Nc1ccc(C(c2ccc(NC(=O)[C@@H](CCCCN)NC(=O)Cc3ccccc3)cc2)c2ccc(NC(=O)[C@@H](CCCCN)NC(=O)Cc3ccccc3)cc2)cc1. The van der Waals surface area contributed by atoms with Crippen molar-refractivity contribution in [2.45, 2.75) is 101 Å². The zero-order chi connectivity index (χ0) is 53.9. The van der Waals surface area contributed by atoms with Crippen LogP contribution in [0.25, 0.3) is 0 Å². The number of hydrogen-bond acceptors (Lipinski definition) is 9. The summed E-state index contributed by atoms with van der Waals surface area (Å²) in [4.78, 5) is 80.6. The van der Waals surface area contributed by atoms with E-state index < -0.39 is 18.1 Å². The van der Waals surface area contributed by atoms with Crippen LogP contribution < -0.4 is 49.1 Å². The van der Waals surface area contributed by atoms with E-state index in [4.69, 9.17) is 17.2 Å².